The number of carbonyl (C=O) groups is 1. The Balaban J connectivity index is 1.77. The minimum atomic E-state index is -0.333. The van der Waals surface area contributed by atoms with Gasteiger partial charge in [0, 0.05) is 36.6 Å². The van der Waals surface area contributed by atoms with Gasteiger partial charge in [-0.25, -0.2) is 9.97 Å². The smallest absolute Gasteiger partial charge is 0.260 e. The Bertz CT molecular complexity index is 769. The first-order valence-corrected chi connectivity index (χ1v) is 7.33. The fraction of sp³-hybridized carbons (Fsp3) is 0.375. The number of rotatable bonds is 2. The van der Waals surface area contributed by atoms with E-state index in [1.165, 1.54) is 0 Å². The summed E-state index contributed by atoms with van der Waals surface area (Å²) in [5.41, 5.74) is 1.52. The average molecular weight is 298 g/mol. The molecule has 3 heterocycles. The zero-order valence-electron chi connectivity index (χ0n) is 12.7. The molecule has 1 saturated heterocycles. The van der Waals surface area contributed by atoms with Gasteiger partial charge in [0.25, 0.3) is 11.5 Å². The van der Waals surface area contributed by atoms with Gasteiger partial charge >= 0.3 is 0 Å². The summed E-state index contributed by atoms with van der Waals surface area (Å²) in [5, 5.41) is 0. The van der Waals surface area contributed by atoms with Crippen LogP contribution in [-0.2, 0) is 0 Å². The number of H-pyrrole nitrogens is 1. The van der Waals surface area contributed by atoms with E-state index in [1.54, 1.807) is 30.2 Å². The molecule has 6 heteroatoms. The zero-order valence-corrected chi connectivity index (χ0v) is 12.7. The quantitative estimate of drug-likeness (QED) is 0.909. The van der Waals surface area contributed by atoms with E-state index in [0.717, 1.165) is 23.6 Å². The SMILES string of the molecule is Cc1ccnc([C@@H]2CCN(C(=O)c3ccc(C)[nH]c3=O)C2)n1. The van der Waals surface area contributed by atoms with Crippen molar-refractivity contribution in [2.24, 2.45) is 0 Å². The van der Waals surface area contributed by atoms with Gasteiger partial charge in [-0.05, 0) is 38.5 Å². The monoisotopic (exact) mass is 298 g/mol. The molecule has 22 heavy (non-hydrogen) atoms. The molecule has 1 amide bonds. The average Bonchev–Trinajstić information content (AvgIpc) is 2.96. The van der Waals surface area contributed by atoms with Gasteiger partial charge in [-0.15, -0.1) is 0 Å². The van der Waals surface area contributed by atoms with Crippen LogP contribution < -0.4 is 5.56 Å². The van der Waals surface area contributed by atoms with Crippen LogP contribution >= 0.6 is 0 Å². The molecule has 0 bridgehead atoms. The fourth-order valence-electron chi connectivity index (χ4n) is 2.73. The summed E-state index contributed by atoms with van der Waals surface area (Å²) in [6.07, 6.45) is 2.56. The molecule has 3 rings (SSSR count). The summed E-state index contributed by atoms with van der Waals surface area (Å²) in [6.45, 7) is 4.88. The van der Waals surface area contributed by atoms with E-state index >= 15 is 0 Å². The predicted octanol–water partition coefficient (Wildman–Crippen LogP) is 1.41. The second-order valence-corrected chi connectivity index (χ2v) is 5.68. The number of amides is 1. The number of aryl methyl sites for hydroxylation is 2. The van der Waals surface area contributed by atoms with Gasteiger partial charge in [0.2, 0.25) is 0 Å². The minimum absolute atomic E-state index is 0.133. The Labute approximate surface area is 128 Å². The predicted molar refractivity (Wildman–Crippen MR) is 81.8 cm³/mol. The molecule has 114 valence electrons. The van der Waals surface area contributed by atoms with Crippen molar-refractivity contribution in [3.8, 4) is 0 Å². The zero-order chi connectivity index (χ0) is 15.7. The van der Waals surface area contributed by atoms with E-state index in [4.69, 9.17) is 0 Å². The highest BCUT2D eigenvalue weighted by molar-refractivity contribution is 5.94. The number of hydrogen-bond donors (Lipinski definition) is 1. The van der Waals surface area contributed by atoms with Crippen molar-refractivity contribution in [2.45, 2.75) is 26.2 Å². The first-order chi connectivity index (χ1) is 10.5. The maximum atomic E-state index is 12.5. The Morgan fingerprint density at radius 3 is 2.86 bits per heavy atom. The third kappa shape index (κ3) is 2.77. The van der Waals surface area contributed by atoms with Crippen LogP contribution in [0.15, 0.2) is 29.2 Å². The molecule has 0 spiro atoms. The summed E-state index contributed by atoms with van der Waals surface area (Å²) in [5.74, 6) is 0.679. The van der Waals surface area contributed by atoms with E-state index in [1.807, 2.05) is 13.0 Å². The number of likely N-dealkylation sites (tertiary alicyclic amines) is 1. The third-order valence-electron chi connectivity index (χ3n) is 3.94. The highest BCUT2D eigenvalue weighted by atomic mass is 16.2. The number of carbonyl (C=O) groups excluding carboxylic acids is 1. The first-order valence-electron chi connectivity index (χ1n) is 7.33. The highest BCUT2D eigenvalue weighted by Crippen LogP contribution is 2.25. The van der Waals surface area contributed by atoms with Crippen molar-refractivity contribution < 1.29 is 4.79 Å². The van der Waals surface area contributed by atoms with Gasteiger partial charge in [-0.2, -0.15) is 0 Å². The lowest BCUT2D eigenvalue weighted by Crippen LogP contribution is -2.33. The lowest BCUT2D eigenvalue weighted by Gasteiger charge is -2.16. The molecule has 1 N–H and O–H groups in total. The topological polar surface area (TPSA) is 79.0 Å². The Kier molecular flexibility index (Phi) is 3.75. The van der Waals surface area contributed by atoms with Crippen molar-refractivity contribution in [3.05, 3.63) is 57.5 Å². The molecular formula is C16H18N4O2. The first kappa shape index (κ1) is 14.4. The Morgan fingerprint density at radius 1 is 1.32 bits per heavy atom. The molecule has 1 aliphatic heterocycles. The molecule has 2 aromatic rings. The Morgan fingerprint density at radius 2 is 2.14 bits per heavy atom. The van der Waals surface area contributed by atoms with Crippen LogP contribution in [0.25, 0.3) is 0 Å². The number of pyridine rings is 1. The van der Waals surface area contributed by atoms with E-state index < -0.39 is 0 Å². The molecule has 1 aliphatic rings. The van der Waals surface area contributed by atoms with Gasteiger partial charge in [-0.3, -0.25) is 9.59 Å². The van der Waals surface area contributed by atoms with Gasteiger partial charge < -0.3 is 9.88 Å². The summed E-state index contributed by atoms with van der Waals surface area (Å²) >= 11 is 0. The minimum Gasteiger partial charge on any atom is -0.338 e. The van der Waals surface area contributed by atoms with Crippen LogP contribution in [-0.4, -0.2) is 38.8 Å². The molecule has 0 aromatic carbocycles. The van der Waals surface area contributed by atoms with Crippen molar-refractivity contribution >= 4 is 5.91 Å². The normalized spacial score (nSPS) is 17.7. The fourth-order valence-corrected chi connectivity index (χ4v) is 2.73. The second-order valence-electron chi connectivity index (χ2n) is 5.68. The number of hydrogen-bond acceptors (Lipinski definition) is 4. The number of aromatic amines is 1. The summed E-state index contributed by atoms with van der Waals surface area (Å²) in [6, 6.07) is 5.19. The van der Waals surface area contributed by atoms with Crippen LogP contribution in [0.2, 0.25) is 0 Å². The van der Waals surface area contributed by atoms with Gasteiger partial charge in [0.05, 0.1) is 0 Å². The lowest BCUT2D eigenvalue weighted by molar-refractivity contribution is 0.0788. The number of nitrogens with zero attached hydrogens (tertiary/aromatic N) is 3. The van der Waals surface area contributed by atoms with Crippen LogP contribution in [0.4, 0.5) is 0 Å². The molecule has 6 nitrogen and oxygen atoms in total. The van der Waals surface area contributed by atoms with E-state index in [-0.39, 0.29) is 22.9 Å². The van der Waals surface area contributed by atoms with Gasteiger partial charge in [0.1, 0.15) is 11.4 Å². The molecule has 0 radical (unpaired) electrons. The van der Waals surface area contributed by atoms with Crippen LogP contribution in [0.5, 0.6) is 0 Å². The maximum absolute atomic E-state index is 12.5. The lowest BCUT2D eigenvalue weighted by atomic mass is 10.1. The third-order valence-corrected chi connectivity index (χ3v) is 3.94. The number of nitrogens with one attached hydrogen (secondary N) is 1. The van der Waals surface area contributed by atoms with E-state index in [9.17, 15) is 9.59 Å². The van der Waals surface area contributed by atoms with Crippen LogP contribution in [0, 0.1) is 13.8 Å². The number of aromatic nitrogens is 3. The van der Waals surface area contributed by atoms with Crippen LogP contribution in [0.1, 0.15) is 39.9 Å². The summed E-state index contributed by atoms with van der Waals surface area (Å²) in [4.78, 5) is 37.5. The maximum Gasteiger partial charge on any atom is 0.260 e. The van der Waals surface area contributed by atoms with Crippen molar-refractivity contribution in [1.29, 1.82) is 0 Å². The molecule has 0 aliphatic carbocycles. The molecule has 0 saturated carbocycles. The Hall–Kier alpha value is -2.50. The summed E-state index contributed by atoms with van der Waals surface area (Å²) < 4.78 is 0. The van der Waals surface area contributed by atoms with E-state index in [2.05, 4.69) is 15.0 Å². The molecule has 2 aromatic heterocycles. The van der Waals surface area contributed by atoms with Gasteiger partial charge in [0.15, 0.2) is 0 Å². The van der Waals surface area contributed by atoms with Crippen molar-refractivity contribution in [3.63, 3.8) is 0 Å². The molecule has 1 atom stereocenters. The highest BCUT2D eigenvalue weighted by Gasteiger charge is 2.30. The van der Waals surface area contributed by atoms with Crippen LogP contribution in [0.3, 0.4) is 0 Å². The molecular weight excluding hydrogens is 280 g/mol. The van der Waals surface area contributed by atoms with Gasteiger partial charge in [-0.1, -0.05) is 0 Å². The summed E-state index contributed by atoms with van der Waals surface area (Å²) in [7, 11) is 0. The molecule has 1 fully saturated rings. The largest absolute Gasteiger partial charge is 0.338 e. The standard InChI is InChI=1S/C16H18N4O2/c1-10-3-4-13(15(21)19-10)16(22)20-8-6-12(9-20)14-17-7-5-11(2)18-14/h3-5,7,12H,6,8-9H2,1-2H3,(H,19,21)/t12-/m1/s1. The van der Waals surface area contributed by atoms with Crippen molar-refractivity contribution in [2.75, 3.05) is 13.1 Å². The molecule has 0 unspecified atom stereocenters. The van der Waals surface area contributed by atoms with Crippen molar-refractivity contribution in [1.82, 2.24) is 19.9 Å². The second kappa shape index (κ2) is 5.71. The van der Waals surface area contributed by atoms with E-state index in [0.29, 0.717) is 13.1 Å².